The van der Waals surface area contributed by atoms with Gasteiger partial charge in [0.25, 0.3) is 0 Å². The first-order valence-corrected chi connectivity index (χ1v) is 7.16. The van der Waals surface area contributed by atoms with Gasteiger partial charge in [0.2, 0.25) is 0 Å². The minimum atomic E-state index is -4.41. The molecular formula is C13H11F5N2O2S. The summed E-state index contributed by atoms with van der Waals surface area (Å²) >= 11 is 1.10. The predicted octanol–water partition coefficient (Wildman–Crippen LogP) is 4.12. The number of nitrogens with zero attached hydrogens (tertiary/aromatic N) is 1. The minimum Gasteiger partial charge on any atom is -0.443 e. The summed E-state index contributed by atoms with van der Waals surface area (Å²) in [4.78, 5) is 15.5. The fourth-order valence-corrected chi connectivity index (χ4v) is 2.60. The van der Waals surface area contributed by atoms with Crippen LogP contribution in [0.25, 0.3) is 10.2 Å². The molecular weight excluding hydrogens is 343 g/mol. The van der Waals surface area contributed by atoms with Crippen LogP contribution >= 0.6 is 11.3 Å². The van der Waals surface area contributed by atoms with Crippen LogP contribution in [0, 0.1) is 5.82 Å². The molecule has 2 rings (SSSR count). The number of ether oxygens (including phenoxy) is 1. The lowest BCUT2D eigenvalue weighted by molar-refractivity contribution is -0.154. The van der Waals surface area contributed by atoms with E-state index in [1.54, 1.807) is 0 Å². The normalized spacial score (nSPS) is 13.3. The van der Waals surface area contributed by atoms with E-state index in [0.29, 0.717) is 15.2 Å². The molecule has 2 aromatic rings. The summed E-state index contributed by atoms with van der Waals surface area (Å²) in [6.45, 7) is -0.227. The second kappa shape index (κ2) is 6.65. The maximum absolute atomic E-state index is 13.1. The van der Waals surface area contributed by atoms with Crippen LogP contribution in [0.2, 0.25) is 0 Å². The van der Waals surface area contributed by atoms with Crippen LogP contribution in [0.1, 0.15) is 18.0 Å². The number of halogens is 5. The molecule has 1 heterocycles. The van der Waals surface area contributed by atoms with Gasteiger partial charge in [0.15, 0.2) is 6.61 Å². The number of rotatable bonds is 5. The third-order valence-corrected chi connectivity index (χ3v) is 3.99. The number of carbonyl (C=O) groups excluding carboxylic acids is 1. The number of nitrogens with one attached hydrogen (secondary N) is 1. The highest BCUT2D eigenvalue weighted by Crippen LogP contribution is 2.27. The van der Waals surface area contributed by atoms with Crippen molar-refractivity contribution in [3.8, 4) is 0 Å². The zero-order valence-electron chi connectivity index (χ0n) is 11.7. The molecule has 10 heteroatoms. The lowest BCUT2D eigenvalue weighted by Gasteiger charge is -2.16. The summed E-state index contributed by atoms with van der Waals surface area (Å²) in [6, 6.07) is 3.23. The number of carbonyl (C=O) groups is 1. The second-order valence-electron chi connectivity index (χ2n) is 4.67. The van der Waals surface area contributed by atoms with Crippen molar-refractivity contribution in [3.63, 3.8) is 0 Å². The molecule has 0 aliphatic rings. The first-order valence-electron chi connectivity index (χ1n) is 6.34. The van der Waals surface area contributed by atoms with E-state index < -0.39 is 36.9 Å². The van der Waals surface area contributed by atoms with Gasteiger partial charge in [-0.1, -0.05) is 0 Å². The zero-order valence-corrected chi connectivity index (χ0v) is 12.5. The van der Waals surface area contributed by atoms with E-state index in [4.69, 9.17) is 0 Å². The van der Waals surface area contributed by atoms with Crippen molar-refractivity contribution in [2.24, 2.45) is 0 Å². The molecule has 0 radical (unpaired) electrons. The Hall–Kier alpha value is -1.97. The number of hydrogen-bond donors (Lipinski definition) is 1. The van der Waals surface area contributed by atoms with Crippen LogP contribution in [-0.2, 0) is 4.74 Å². The number of aromatic nitrogens is 1. The standard InChI is InChI=1S/C13H11F5N2O2S/c1-6(19-12(21)22-5-13(17,18)11(15)16)10-20-8-3-2-7(14)4-9(8)23-10/h2-4,6,11H,5H2,1H3,(H,19,21)/t6-/m1/s1. The summed E-state index contributed by atoms with van der Waals surface area (Å²) in [7, 11) is 0. The average molecular weight is 354 g/mol. The Morgan fingerprint density at radius 3 is 2.78 bits per heavy atom. The quantitative estimate of drug-likeness (QED) is 0.822. The fraction of sp³-hybridized carbons (Fsp3) is 0.385. The number of alkyl carbamates (subject to hydrolysis) is 1. The topological polar surface area (TPSA) is 51.2 Å². The van der Waals surface area contributed by atoms with Crippen LogP contribution in [0.3, 0.4) is 0 Å². The number of fused-ring (bicyclic) bond motifs is 1. The number of hydrogen-bond acceptors (Lipinski definition) is 4. The van der Waals surface area contributed by atoms with Gasteiger partial charge in [-0.15, -0.1) is 11.3 Å². The van der Waals surface area contributed by atoms with Crippen LogP contribution in [0.15, 0.2) is 18.2 Å². The lowest BCUT2D eigenvalue weighted by atomic mass is 10.3. The molecule has 1 aromatic heterocycles. The highest BCUT2D eigenvalue weighted by atomic mass is 32.1. The monoisotopic (exact) mass is 354 g/mol. The van der Waals surface area contributed by atoms with E-state index in [1.807, 2.05) is 0 Å². The van der Waals surface area contributed by atoms with Crippen LogP contribution in [-0.4, -0.2) is 30.0 Å². The van der Waals surface area contributed by atoms with E-state index in [-0.39, 0.29) is 0 Å². The Morgan fingerprint density at radius 2 is 2.13 bits per heavy atom. The lowest BCUT2D eigenvalue weighted by Crippen LogP contribution is -2.36. The van der Waals surface area contributed by atoms with Crippen molar-refractivity contribution in [1.82, 2.24) is 10.3 Å². The highest BCUT2D eigenvalue weighted by Gasteiger charge is 2.42. The smallest absolute Gasteiger partial charge is 0.407 e. The Kier molecular flexibility index (Phi) is 5.03. The van der Waals surface area contributed by atoms with Gasteiger partial charge in [0.1, 0.15) is 10.8 Å². The number of benzene rings is 1. The molecule has 1 aromatic carbocycles. The maximum Gasteiger partial charge on any atom is 0.407 e. The first-order chi connectivity index (χ1) is 10.7. The van der Waals surface area contributed by atoms with Gasteiger partial charge < -0.3 is 10.1 Å². The van der Waals surface area contributed by atoms with E-state index in [9.17, 15) is 26.7 Å². The van der Waals surface area contributed by atoms with E-state index >= 15 is 0 Å². The van der Waals surface area contributed by atoms with Crippen molar-refractivity contribution in [1.29, 1.82) is 0 Å². The van der Waals surface area contributed by atoms with Crippen LogP contribution in [0.5, 0.6) is 0 Å². The molecule has 1 atom stereocenters. The van der Waals surface area contributed by atoms with E-state index in [2.05, 4.69) is 15.0 Å². The van der Waals surface area contributed by atoms with E-state index in [0.717, 1.165) is 11.3 Å². The molecule has 23 heavy (non-hydrogen) atoms. The summed E-state index contributed by atoms with van der Waals surface area (Å²) in [5, 5.41) is 2.59. The third-order valence-electron chi connectivity index (χ3n) is 2.79. The maximum atomic E-state index is 13.1. The van der Waals surface area contributed by atoms with Gasteiger partial charge >= 0.3 is 18.4 Å². The van der Waals surface area contributed by atoms with Crippen molar-refractivity contribution >= 4 is 27.6 Å². The van der Waals surface area contributed by atoms with Crippen LogP contribution < -0.4 is 5.32 Å². The molecule has 0 saturated heterocycles. The molecule has 0 fully saturated rings. The minimum absolute atomic E-state index is 0.392. The molecule has 0 saturated carbocycles. The number of thiazole rings is 1. The Bertz CT molecular complexity index is 707. The van der Waals surface area contributed by atoms with Gasteiger partial charge in [-0.05, 0) is 25.1 Å². The Balaban J connectivity index is 1.97. The largest absolute Gasteiger partial charge is 0.443 e. The fourth-order valence-electron chi connectivity index (χ4n) is 1.61. The Morgan fingerprint density at radius 1 is 1.43 bits per heavy atom. The van der Waals surface area contributed by atoms with Crippen molar-refractivity contribution in [2.45, 2.75) is 25.3 Å². The first kappa shape index (κ1) is 17.4. The zero-order chi connectivity index (χ0) is 17.2. The Labute approximate surface area is 131 Å². The average Bonchev–Trinajstić information content (AvgIpc) is 2.88. The van der Waals surface area contributed by atoms with Crippen molar-refractivity contribution < 1.29 is 31.5 Å². The van der Waals surface area contributed by atoms with Gasteiger partial charge in [-0.25, -0.2) is 22.9 Å². The second-order valence-corrected chi connectivity index (χ2v) is 5.73. The van der Waals surface area contributed by atoms with Crippen molar-refractivity contribution in [3.05, 3.63) is 29.0 Å². The molecule has 4 nitrogen and oxygen atoms in total. The molecule has 0 aliphatic carbocycles. The predicted molar refractivity (Wildman–Crippen MR) is 73.4 cm³/mol. The molecule has 0 aliphatic heterocycles. The van der Waals surface area contributed by atoms with Crippen LogP contribution in [0.4, 0.5) is 26.7 Å². The van der Waals surface area contributed by atoms with E-state index in [1.165, 1.54) is 25.1 Å². The molecule has 1 amide bonds. The van der Waals surface area contributed by atoms with Crippen molar-refractivity contribution in [2.75, 3.05) is 6.61 Å². The van der Waals surface area contributed by atoms with Gasteiger partial charge in [-0.3, -0.25) is 0 Å². The number of alkyl halides is 4. The summed E-state index contributed by atoms with van der Waals surface area (Å²) in [5.74, 6) is -4.85. The number of amides is 1. The third kappa shape index (κ3) is 4.27. The van der Waals surface area contributed by atoms with Gasteiger partial charge in [0, 0.05) is 0 Å². The summed E-state index contributed by atoms with van der Waals surface area (Å²) in [6.07, 6.45) is -5.20. The molecule has 0 bridgehead atoms. The van der Waals surface area contributed by atoms with Gasteiger partial charge in [-0.2, -0.15) is 8.78 Å². The van der Waals surface area contributed by atoms with Gasteiger partial charge in [0.05, 0.1) is 16.3 Å². The molecule has 1 N–H and O–H groups in total. The SMILES string of the molecule is C[C@@H](NC(=O)OCC(F)(F)C(F)F)c1nc2ccc(F)cc2s1. The molecule has 0 spiro atoms. The highest BCUT2D eigenvalue weighted by molar-refractivity contribution is 7.18. The molecule has 0 unspecified atom stereocenters. The summed E-state index contributed by atoms with van der Waals surface area (Å²) in [5.41, 5.74) is 0.512. The summed E-state index contributed by atoms with van der Waals surface area (Å²) < 4.78 is 66.9. The molecule has 126 valence electrons.